The predicted molar refractivity (Wildman–Crippen MR) is 106 cm³/mol. The molecule has 6 nitrogen and oxygen atoms in total. The number of hydrogen-bond donors (Lipinski definition) is 1. The third kappa shape index (κ3) is 3.06. The van der Waals surface area contributed by atoms with Crippen LogP contribution in [0.3, 0.4) is 0 Å². The van der Waals surface area contributed by atoms with Crippen molar-refractivity contribution in [2.45, 2.75) is 25.2 Å². The number of fused-ring (bicyclic) bond motifs is 1. The molecule has 3 aromatic heterocycles. The second-order valence-corrected chi connectivity index (χ2v) is 7.00. The zero-order valence-electron chi connectivity index (χ0n) is 15.0. The fourth-order valence-electron chi connectivity index (χ4n) is 2.94. The summed E-state index contributed by atoms with van der Waals surface area (Å²) in [4.78, 5) is 5.55. The monoisotopic (exact) mass is 364 g/mol. The number of rotatable bonds is 5. The van der Waals surface area contributed by atoms with Crippen molar-refractivity contribution in [1.82, 2.24) is 24.5 Å². The summed E-state index contributed by atoms with van der Waals surface area (Å²) in [6.07, 6.45) is 6.63. The van der Waals surface area contributed by atoms with E-state index < -0.39 is 0 Å². The maximum absolute atomic E-state index is 4.51. The van der Waals surface area contributed by atoms with E-state index in [4.69, 9.17) is 0 Å². The Morgan fingerprint density at radius 3 is 2.69 bits per heavy atom. The number of anilines is 1. The lowest BCUT2D eigenvalue weighted by molar-refractivity contribution is 0.797. The third-order valence-electron chi connectivity index (χ3n) is 4.32. The number of aryl methyl sites for hydroxylation is 3. The molecule has 0 aliphatic rings. The molecule has 3 heterocycles. The first-order valence-corrected chi connectivity index (χ1v) is 9.32. The van der Waals surface area contributed by atoms with Gasteiger partial charge in [-0.15, -0.1) is 0 Å². The van der Waals surface area contributed by atoms with E-state index in [1.807, 2.05) is 55.4 Å². The van der Waals surface area contributed by atoms with Crippen LogP contribution in [0.2, 0.25) is 0 Å². The highest BCUT2D eigenvalue weighted by atomic mass is 32.2. The van der Waals surface area contributed by atoms with E-state index in [0.29, 0.717) is 0 Å². The first-order chi connectivity index (χ1) is 12.7. The van der Waals surface area contributed by atoms with Crippen molar-refractivity contribution in [3.05, 3.63) is 60.2 Å². The number of hydrogen-bond acceptors (Lipinski definition) is 5. The molecule has 0 aliphatic carbocycles. The molecule has 0 aliphatic heterocycles. The summed E-state index contributed by atoms with van der Waals surface area (Å²) in [5.41, 5.74) is 4.48. The molecule has 0 unspecified atom stereocenters. The lowest BCUT2D eigenvalue weighted by atomic mass is 10.1. The number of nitrogens with one attached hydrogen (secondary N) is 1. The van der Waals surface area contributed by atoms with Gasteiger partial charge in [-0.2, -0.15) is 10.2 Å². The summed E-state index contributed by atoms with van der Waals surface area (Å²) in [6.45, 7) is 4.13. The Morgan fingerprint density at radius 2 is 2.00 bits per heavy atom. The first kappa shape index (κ1) is 16.7. The van der Waals surface area contributed by atoms with Crippen LogP contribution in [-0.2, 0) is 13.5 Å². The lowest BCUT2D eigenvalue weighted by Crippen LogP contribution is -2.00. The van der Waals surface area contributed by atoms with E-state index in [9.17, 15) is 0 Å². The molecule has 0 amide bonds. The summed E-state index contributed by atoms with van der Waals surface area (Å²) in [6, 6.07) is 10.3. The van der Waals surface area contributed by atoms with Crippen LogP contribution in [0.15, 0.2) is 53.8 Å². The van der Waals surface area contributed by atoms with Gasteiger partial charge in [0.15, 0.2) is 5.82 Å². The van der Waals surface area contributed by atoms with Crippen LogP contribution < -0.4 is 4.72 Å². The fraction of sp³-hybridized carbons (Fsp3) is 0.211. The van der Waals surface area contributed by atoms with E-state index in [0.717, 1.165) is 39.4 Å². The molecule has 0 atom stereocenters. The molecule has 0 saturated heterocycles. The smallest absolute Gasteiger partial charge is 0.153 e. The van der Waals surface area contributed by atoms with Crippen molar-refractivity contribution in [2.24, 2.45) is 7.05 Å². The molecule has 0 fully saturated rings. The summed E-state index contributed by atoms with van der Waals surface area (Å²) in [5, 5.41) is 9.90. The van der Waals surface area contributed by atoms with Crippen molar-refractivity contribution in [1.29, 1.82) is 0 Å². The maximum atomic E-state index is 4.51. The highest BCUT2D eigenvalue weighted by Crippen LogP contribution is 2.31. The van der Waals surface area contributed by atoms with Crippen molar-refractivity contribution in [3.63, 3.8) is 0 Å². The van der Waals surface area contributed by atoms with Gasteiger partial charge in [-0.25, -0.2) is 9.67 Å². The quantitative estimate of drug-likeness (QED) is 0.539. The van der Waals surface area contributed by atoms with Crippen LogP contribution in [0.5, 0.6) is 0 Å². The number of benzene rings is 1. The van der Waals surface area contributed by atoms with Crippen molar-refractivity contribution >= 4 is 28.5 Å². The molecule has 4 rings (SSSR count). The second kappa shape index (κ2) is 6.84. The normalized spacial score (nSPS) is 11.2. The van der Waals surface area contributed by atoms with Crippen LogP contribution in [0.25, 0.3) is 16.7 Å². The predicted octanol–water partition coefficient (Wildman–Crippen LogP) is 4.14. The summed E-state index contributed by atoms with van der Waals surface area (Å²) < 4.78 is 7.20. The molecule has 7 heteroatoms. The van der Waals surface area contributed by atoms with Crippen LogP contribution in [0.4, 0.5) is 5.69 Å². The van der Waals surface area contributed by atoms with Crippen molar-refractivity contribution < 1.29 is 0 Å². The van der Waals surface area contributed by atoms with Gasteiger partial charge in [-0.05, 0) is 49.1 Å². The number of nitrogens with zero attached hydrogens (tertiary/aromatic N) is 5. The Bertz CT molecular complexity index is 1050. The number of aromatic nitrogens is 5. The largest absolute Gasteiger partial charge is 0.323 e. The Morgan fingerprint density at radius 1 is 1.12 bits per heavy atom. The molecular weight excluding hydrogens is 344 g/mol. The van der Waals surface area contributed by atoms with Gasteiger partial charge < -0.3 is 4.72 Å². The van der Waals surface area contributed by atoms with Gasteiger partial charge >= 0.3 is 0 Å². The van der Waals surface area contributed by atoms with Crippen LogP contribution in [-0.4, -0.2) is 24.5 Å². The minimum atomic E-state index is 0.811. The standard InChI is InChI=1S/C19H20N6S/c1-4-14-5-6-15-11-21-24(3)19(15)18(14)23-26-16-7-8-17(20-12-16)25-10-9-13(2)22-25/h5-12,23H,4H2,1-3H3. The second-order valence-electron chi connectivity index (χ2n) is 6.12. The number of pyridine rings is 1. The summed E-state index contributed by atoms with van der Waals surface area (Å²) in [5.74, 6) is 0.811. The van der Waals surface area contributed by atoms with Gasteiger partial charge in [0.05, 0.1) is 23.1 Å². The zero-order chi connectivity index (χ0) is 18.1. The molecule has 0 spiro atoms. The average Bonchev–Trinajstić information content (AvgIpc) is 3.26. The van der Waals surface area contributed by atoms with Crippen LogP contribution in [0, 0.1) is 6.92 Å². The summed E-state index contributed by atoms with van der Waals surface area (Å²) >= 11 is 1.56. The van der Waals surface area contributed by atoms with Crippen LogP contribution in [0.1, 0.15) is 18.2 Å². The first-order valence-electron chi connectivity index (χ1n) is 8.51. The maximum Gasteiger partial charge on any atom is 0.153 e. The Hall–Kier alpha value is -2.80. The highest BCUT2D eigenvalue weighted by molar-refractivity contribution is 8.00. The Labute approximate surface area is 156 Å². The molecule has 26 heavy (non-hydrogen) atoms. The molecule has 1 aromatic carbocycles. The van der Waals surface area contributed by atoms with Gasteiger partial charge in [0.1, 0.15) is 0 Å². The van der Waals surface area contributed by atoms with E-state index in [-0.39, 0.29) is 0 Å². The van der Waals surface area contributed by atoms with Crippen LogP contribution >= 0.6 is 11.9 Å². The van der Waals surface area contributed by atoms with E-state index in [1.54, 1.807) is 16.6 Å². The Kier molecular flexibility index (Phi) is 4.38. The van der Waals surface area contributed by atoms with Gasteiger partial charge in [0.2, 0.25) is 0 Å². The highest BCUT2D eigenvalue weighted by Gasteiger charge is 2.11. The molecular formula is C19H20N6S. The SMILES string of the molecule is CCc1ccc2cnn(C)c2c1NSc1ccc(-n2ccc(C)n2)nc1. The average molecular weight is 364 g/mol. The molecule has 4 aromatic rings. The summed E-state index contributed by atoms with van der Waals surface area (Å²) in [7, 11) is 1.97. The minimum Gasteiger partial charge on any atom is -0.323 e. The molecule has 1 N–H and O–H groups in total. The Balaban J connectivity index is 1.57. The van der Waals surface area contributed by atoms with Gasteiger partial charge in [-0.3, -0.25) is 4.68 Å². The van der Waals surface area contributed by atoms with Gasteiger partial charge in [-0.1, -0.05) is 19.1 Å². The van der Waals surface area contributed by atoms with Crippen molar-refractivity contribution in [2.75, 3.05) is 4.72 Å². The molecule has 0 saturated carbocycles. The van der Waals surface area contributed by atoms with E-state index in [1.165, 1.54) is 5.56 Å². The van der Waals surface area contributed by atoms with E-state index >= 15 is 0 Å². The minimum absolute atomic E-state index is 0.811. The zero-order valence-corrected chi connectivity index (χ0v) is 15.8. The van der Waals surface area contributed by atoms with Crippen molar-refractivity contribution in [3.8, 4) is 5.82 Å². The molecule has 0 bridgehead atoms. The fourth-order valence-corrected chi connectivity index (χ4v) is 3.63. The molecule has 132 valence electrons. The molecule has 0 radical (unpaired) electrons. The van der Waals surface area contributed by atoms with E-state index in [2.05, 4.69) is 39.0 Å². The lowest BCUT2D eigenvalue weighted by Gasteiger charge is -2.13. The van der Waals surface area contributed by atoms with Gasteiger partial charge in [0, 0.05) is 29.7 Å². The topological polar surface area (TPSA) is 60.6 Å². The third-order valence-corrected chi connectivity index (χ3v) is 5.10. The van der Waals surface area contributed by atoms with Gasteiger partial charge in [0.25, 0.3) is 0 Å².